The number of rotatable bonds is 3. The van der Waals surface area contributed by atoms with Gasteiger partial charge in [0.25, 0.3) is 5.78 Å². The average molecular weight is 341 g/mol. The summed E-state index contributed by atoms with van der Waals surface area (Å²) in [5.41, 5.74) is 2.21. The van der Waals surface area contributed by atoms with Crippen molar-refractivity contribution < 1.29 is 4.39 Å². The molecule has 0 aliphatic heterocycles. The molecule has 0 aliphatic rings. The summed E-state index contributed by atoms with van der Waals surface area (Å²) in [7, 11) is 0. The van der Waals surface area contributed by atoms with Crippen LogP contribution in [-0.4, -0.2) is 34.8 Å². The summed E-state index contributed by atoms with van der Waals surface area (Å²) in [6.07, 6.45) is 1.45. The Kier molecular flexibility index (Phi) is 3.49. The van der Waals surface area contributed by atoms with Crippen LogP contribution in [0.2, 0.25) is 0 Å². The number of fused-ring (bicyclic) bond motifs is 1. The molecule has 0 bridgehead atoms. The Morgan fingerprint density at radius 1 is 1.17 bits per heavy atom. The summed E-state index contributed by atoms with van der Waals surface area (Å²) >= 11 is 1.33. The molecule has 4 aromatic rings. The van der Waals surface area contributed by atoms with Gasteiger partial charge in [0, 0.05) is 11.3 Å². The van der Waals surface area contributed by atoms with Crippen LogP contribution in [0.1, 0.15) is 11.3 Å². The smallest absolute Gasteiger partial charge is 0.253 e. The van der Waals surface area contributed by atoms with Crippen molar-refractivity contribution in [1.82, 2.24) is 34.8 Å². The van der Waals surface area contributed by atoms with Gasteiger partial charge in [0.2, 0.25) is 5.16 Å². The number of hydrogen-bond acceptors (Lipinski definition) is 6. The van der Waals surface area contributed by atoms with E-state index < -0.39 is 0 Å². The van der Waals surface area contributed by atoms with E-state index in [9.17, 15) is 4.39 Å². The molecule has 0 fully saturated rings. The lowest BCUT2D eigenvalue weighted by atomic mass is 10.2. The third kappa shape index (κ3) is 2.42. The van der Waals surface area contributed by atoms with E-state index in [1.54, 1.807) is 22.7 Å². The third-order valence-corrected chi connectivity index (χ3v) is 4.67. The van der Waals surface area contributed by atoms with Gasteiger partial charge in [-0.2, -0.15) is 14.6 Å². The molecule has 24 heavy (non-hydrogen) atoms. The number of nitrogens with zero attached hydrogens (tertiary/aromatic N) is 6. The minimum Gasteiger partial charge on any atom is -0.258 e. The van der Waals surface area contributed by atoms with Gasteiger partial charge in [0.1, 0.15) is 17.2 Å². The molecule has 0 amide bonds. The largest absolute Gasteiger partial charge is 0.258 e. The van der Waals surface area contributed by atoms with Gasteiger partial charge in [0.05, 0.1) is 5.56 Å². The fraction of sp³-hybridized carbons (Fsp3) is 0.133. The summed E-state index contributed by atoms with van der Waals surface area (Å²) in [5.74, 6) is 0.555. The van der Waals surface area contributed by atoms with Crippen LogP contribution in [-0.2, 0) is 0 Å². The molecule has 0 saturated carbocycles. The van der Waals surface area contributed by atoms with E-state index in [2.05, 4.69) is 30.2 Å². The van der Waals surface area contributed by atoms with Gasteiger partial charge in [-0.15, -0.1) is 5.10 Å². The molecule has 0 radical (unpaired) electrons. The van der Waals surface area contributed by atoms with Crippen LogP contribution < -0.4 is 0 Å². The Hall–Kier alpha value is -2.81. The summed E-state index contributed by atoms with van der Waals surface area (Å²) in [4.78, 5) is 12.9. The van der Waals surface area contributed by atoms with Crippen molar-refractivity contribution in [3.8, 4) is 11.4 Å². The summed E-state index contributed by atoms with van der Waals surface area (Å²) in [6, 6.07) is 6.43. The van der Waals surface area contributed by atoms with Gasteiger partial charge in [0.15, 0.2) is 5.82 Å². The number of hydrogen-bond donors (Lipinski definition) is 1. The first-order valence-corrected chi connectivity index (χ1v) is 7.97. The highest BCUT2D eigenvalue weighted by atomic mass is 32.2. The average Bonchev–Trinajstić information content (AvgIpc) is 3.21. The Bertz CT molecular complexity index is 1040. The molecule has 120 valence electrons. The monoisotopic (exact) mass is 341 g/mol. The Morgan fingerprint density at radius 3 is 2.83 bits per heavy atom. The summed E-state index contributed by atoms with van der Waals surface area (Å²) < 4.78 is 15.5. The van der Waals surface area contributed by atoms with Crippen LogP contribution in [0.25, 0.3) is 17.2 Å². The van der Waals surface area contributed by atoms with E-state index in [0.717, 1.165) is 16.3 Å². The lowest BCUT2D eigenvalue weighted by molar-refractivity contribution is 0.630. The Morgan fingerprint density at radius 2 is 2.00 bits per heavy atom. The number of nitrogens with one attached hydrogen (secondary N) is 1. The lowest BCUT2D eigenvalue weighted by Gasteiger charge is -2.07. The van der Waals surface area contributed by atoms with Crippen LogP contribution >= 0.6 is 11.8 Å². The fourth-order valence-electron chi connectivity index (χ4n) is 2.27. The number of benzene rings is 1. The van der Waals surface area contributed by atoms with Crippen LogP contribution in [0.4, 0.5) is 4.39 Å². The van der Waals surface area contributed by atoms with Gasteiger partial charge in [-0.05, 0) is 37.7 Å². The van der Waals surface area contributed by atoms with Crippen molar-refractivity contribution >= 4 is 17.5 Å². The molecule has 1 aromatic carbocycles. The molecule has 9 heteroatoms. The standard InChI is InChI=1S/C15H12FN7S/c1-8-9(2)19-14-17-7-18-23(14)13(8)24-15-20-12(21-22-15)10-5-3-4-6-11(10)16/h3-7H,1-2H3,(H,20,21,22). The molecule has 4 rings (SSSR count). The zero-order valence-corrected chi connectivity index (χ0v) is 13.7. The van der Waals surface area contributed by atoms with Crippen molar-refractivity contribution in [2.45, 2.75) is 24.0 Å². The van der Waals surface area contributed by atoms with Crippen LogP contribution in [0.5, 0.6) is 0 Å². The maximum absolute atomic E-state index is 13.9. The van der Waals surface area contributed by atoms with E-state index in [0.29, 0.717) is 22.3 Å². The summed E-state index contributed by atoms with van der Waals surface area (Å²) in [6.45, 7) is 3.87. The van der Waals surface area contributed by atoms with Crippen molar-refractivity contribution in [3.63, 3.8) is 0 Å². The molecular formula is C15H12FN7S. The molecule has 0 saturated heterocycles. The third-order valence-electron chi connectivity index (χ3n) is 3.64. The molecule has 3 aromatic heterocycles. The van der Waals surface area contributed by atoms with Gasteiger partial charge in [-0.25, -0.2) is 14.4 Å². The first-order chi connectivity index (χ1) is 11.6. The molecule has 0 spiro atoms. The van der Waals surface area contributed by atoms with Crippen LogP contribution in [0, 0.1) is 19.7 Å². The lowest BCUT2D eigenvalue weighted by Crippen LogP contribution is -2.02. The number of H-pyrrole nitrogens is 1. The van der Waals surface area contributed by atoms with E-state index >= 15 is 0 Å². The highest BCUT2D eigenvalue weighted by molar-refractivity contribution is 7.99. The maximum Gasteiger partial charge on any atom is 0.253 e. The molecule has 0 unspecified atom stereocenters. The number of aromatic nitrogens is 7. The van der Waals surface area contributed by atoms with Crippen molar-refractivity contribution in [2.75, 3.05) is 0 Å². The maximum atomic E-state index is 13.9. The Balaban J connectivity index is 1.74. The van der Waals surface area contributed by atoms with E-state index in [4.69, 9.17) is 0 Å². The van der Waals surface area contributed by atoms with Crippen LogP contribution in [0.3, 0.4) is 0 Å². The second-order valence-electron chi connectivity index (χ2n) is 5.15. The number of aryl methyl sites for hydroxylation is 1. The van der Waals surface area contributed by atoms with Crippen molar-refractivity contribution in [3.05, 3.63) is 47.7 Å². The quantitative estimate of drug-likeness (QED) is 0.577. The van der Waals surface area contributed by atoms with Crippen LogP contribution in [0.15, 0.2) is 40.8 Å². The predicted molar refractivity (Wildman–Crippen MR) is 86.2 cm³/mol. The van der Waals surface area contributed by atoms with Crippen molar-refractivity contribution in [1.29, 1.82) is 0 Å². The highest BCUT2D eigenvalue weighted by Gasteiger charge is 2.16. The van der Waals surface area contributed by atoms with Gasteiger partial charge < -0.3 is 0 Å². The first-order valence-electron chi connectivity index (χ1n) is 7.15. The zero-order valence-electron chi connectivity index (χ0n) is 12.9. The summed E-state index contributed by atoms with van der Waals surface area (Å²) in [5, 5.41) is 12.4. The fourth-order valence-corrected chi connectivity index (χ4v) is 3.19. The molecule has 1 N–H and O–H groups in total. The highest BCUT2D eigenvalue weighted by Crippen LogP contribution is 2.30. The minimum absolute atomic E-state index is 0.347. The van der Waals surface area contributed by atoms with Crippen molar-refractivity contribution in [2.24, 2.45) is 0 Å². The van der Waals surface area contributed by atoms with E-state index in [1.807, 2.05) is 13.8 Å². The second-order valence-corrected chi connectivity index (χ2v) is 6.10. The molecule has 7 nitrogen and oxygen atoms in total. The Labute approximate surface area is 140 Å². The molecule has 0 atom stereocenters. The molecule has 3 heterocycles. The number of halogens is 1. The zero-order chi connectivity index (χ0) is 16.7. The predicted octanol–water partition coefficient (Wildman–Crippen LogP) is 2.82. The topological polar surface area (TPSA) is 84.6 Å². The number of aromatic amines is 1. The molecular weight excluding hydrogens is 329 g/mol. The van der Waals surface area contributed by atoms with E-state index in [-0.39, 0.29) is 5.82 Å². The minimum atomic E-state index is -0.347. The molecule has 0 aliphatic carbocycles. The normalized spacial score (nSPS) is 11.3. The second kappa shape index (κ2) is 5.68. The van der Waals surface area contributed by atoms with Gasteiger partial charge in [-0.1, -0.05) is 12.1 Å². The van der Waals surface area contributed by atoms with Gasteiger partial charge in [-0.3, -0.25) is 5.10 Å². The van der Waals surface area contributed by atoms with Gasteiger partial charge >= 0.3 is 0 Å². The SMILES string of the molecule is Cc1nc2ncnn2c(Sc2n[nH]c(-c3ccccc3F)n2)c1C. The van der Waals surface area contributed by atoms with E-state index in [1.165, 1.54) is 24.2 Å². The first kappa shape index (κ1) is 14.8.